The summed E-state index contributed by atoms with van der Waals surface area (Å²) in [6, 6.07) is 5.03. The van der Waals surface area contributed by atoms with Crippen LogP contribution in [-0.2, 0) is 10.4 Å². The maximum Gasteiger partial charge on any atom is 0.255 e. The van der Waals surface area contributed by atoms with E-state index < -0.39 is 5.67 Å². The number of rotatable bonds is 9. The van der Waals surface area contributed by atoms with Crippen molar-refractivity contribution in [1.29, 1.82) is 0 Å². The second-order valence-electron chi connectivity index (χ2n) is 9.66. The van der Waals surface area contributed by atoms with E-state index in [2.05, 4.69) is 31.9 Å². The van der Waals surface area contributed by atoms with Crippen LogP contribution in [0.2, 0.25) is 0 Å². The highest BCUT2D eigenvalue weighted by molar-refractivity contribution is 5.95. The molecule has 3 rings (SSSR count). The summed E-state index contributed by atoms with van der Waals surface area (Å²) in [5, 5.41) is 2.87. The molecular formula is C28H36FN5O3. The van der Waals surface area contributed by atoms with Crippen molar-refractivity contribution in [2.75, 3.05) is 31.2 Å². The van der Waals surface area contributed by atoms with Gasteiger partial charge >= 0.3 is 0 Å². The molecule has 1 aliphatic heterocycles. The lowest BCUT2D eigenvalue weighted by Crippen LogP contribution is -2.36. The SMILES string of the molecule is C=N/C(C)=C(\C=C(/C)NC(=O)c1ccnc(C(C)(C)F)c1)c1cnc(OC(C)C)c(N2CCOCC2)c1. The molecule has 2 aromatic heterocycles. The Kier molecular flexibility index (Phi) is 9.15. The predicted molar refractivity (Wildman–Crippen MR) is 145 cm³/mol. The van der Waals surface area contributed by atoms with Crippen LogP contribution in [0.3, 0.4) is 0 Å². The van der Waals surface area contributed by atoms with Gasteiger partial charge in [-0.3, -0.25) is 14.8 Å². The lowest BCUT2D eigenvalue weighted by atomic mass is 10.0. The highest BCUT2D eigenvalue weighted by Gasteiger charge is 2.22. The Morgan fingerprint density at radius 1 is 1.24 bits per heavy atom. The van der Waals surface area contributed by atoms with Gasteiger partial charge in [0.1, 0.15) is 11.4 Å². The molecule has 0 saturated carbocycles. The predicted octanol–water partition coefficient (Wildman–Crippen LogP) is 5.07. The molecule has 1 N–H and O–H groups in total. The van der Waals surface area contributed by atoms with E-state index in [-0.39, 0.29) is 17.7 Å². The summed E-state index contributed by atoms with van der Waals surface area (Å²) in [5.74, 6) is 0.195. The molecule has 9 heteroatoms. The highest BCUT2D eigenvalue weighted by atomic mass is 19.1. The zero-order valence-electron chi connectivity index (χ0n) is 22.5. The van der Waals surface area contributed by atoms with E-state index in [0.29, 0.717) is 36.1 Å². The molecule has 8 nitrogen and oxygen atoms in total. The number of ether oxygens (including phenoxy) is 2. The minimum atomic E-state index is -1.65. The number of nitrogens with one attached hydrogen (secondary N) is 1. The number of allylic oxidation sites excluding steroid dienone is 4. The third kappa shape index (κ3) is 7.45. The fourth-order valence-electron chi connectivity index (χ4n) is 3.82. The van der Waals surface area contributed by atoms with Crippen LogP contribution in [0.1, 0.15) is 63.2 Å². The molecule has 198 valence electrons. The first-order valence-corrected chi connectivity index (χ1v) is 12.3. The van der Waals surface area contributed by atoms with Crippen LogP contribution in [0, 0.1) is 0 Å². The van der Waals surface area contributed by atoms with E-state index in [4.69, 9.17) is 9.47 Å². The third-order valence-electron chi connectivity index (χ3n) is 5.77. The number of hydrogen-bond acceptors (Lipinski definition) is 7. The Labute approximate surface area is 218 Å². The van der Waals surface area contributed by atoms with Crippen LogP contribution in [-0.4, -0.2) is 55.0 Å². The number of amides is 1. The summed E-state index contributed by atoms with van der Waals surface area (Å²) in [5.41, 5.74) is 2.55. The van der Waals surface area contributed by atoms with Crippen LogP contribution < -0.4 is 15.0 Å². The zero-order valence-corrected chi connectivity index (χ0v) is 22.5. The van der Waals surface area contributed by atoms with E-state index in [1.807, 2.05) is 32.9 Å². The van der Waals surface area contributed by atoms with E-state index in [1.165, 1.54) is 26.1 Å². The summed E-state index contributed by atoms with van der Waals surface area (Å²) in [7, 11) is 0. The normalized spacial score (nSPS) is 15.4. The molecule has 0 bridgehead atoms. The van der Waals surface area contributed by atoms with Crippen molar-refractivity contribution in [2.45, 2.75) is 53.3 Å². The minimum absolute atomic E-state index is 0.0289. The smallest absolute Gasteiger partial charge is 0.255 e. The molecule has 0 aromatic carbocycles. The second kappa shape index (κ2) is 12.1. The van der Waals surface area contributed by atoms with Gasteiger partial charge in [-0.25, -0.2) is 9.37 Å². The van der Waals surface area contributed by atoms with Gasteiger partial charge in [-0.2, -0.15) is 0 Å². The number of alkyl halides is 1. The highest BCUT2D eigenvalue weighted by Crippen LogP contribution is 2.33. The van der Waals surface area contributed by atoms with Gasteiger partial charge in [0.25, 0.3) is 5.91 Å². The Morgan fingerprint density at radius 3 is 2.57 bits per heavy atom. The van der Waals surface area contributed by atoms with Crippen LogP contribution >= 0.6 is 0 Å². The average Bonchev–Trinajstić information content (AvgIpc) is 2.87. The second-order valence-corrected chi connectivity index (χ2v) is 9.66. The summed E-state index contributed by atoms with van der Waals surface area (Å²) in [6.07, 6.45) is 4.96. The Balaban J connectivity index is 1.94. The molecule has 2 aromatic rings. The number of nitrogens with zero attached hydrogens (tertiary/aromatic N) is 4. The Morgan fingerprint density at radius 2 is 1.95 bits per heavy atom. The van der Waals surface area contributed by atoms with Crippen LogP contribution in [0.25, 0.3) is 5.57 Å². The number of hydrogen-bond donors (Lipinski definition) is 1. The number of carbonyl (C=O) groups is 1. The van der Waals surface area contributed by atoms with Gasteiger partial charge in [0.2, 0.25) is 5.88 Å². The van der Waals surface area contributed by atoms with Gasteiger partial charge < -0.3 is 19.7 Å². The summed E-state index contributed by atoms with van der Waals surface area (Å²) in [6.45, 7) is 16.8. The van der Waals surface area contributed by atoms with Crippen molar-refractivity contribution >= 4 is 23.9 Å². The van der Waals surface area contributed by atoms with Crippen molar-refractivity contribution in [3.8, 4) is 5.88 Å². The molecule has 0 aliphatic carbocycles. The third-order valence-corrected chi connectivity index (χ3v) is 5.77. The maximum atomic E-state index is 14.3. The first kappa shape index (κ1) is 28.0. The van der Waals surface area contributed by atoms with E-state index >= 15 is 0 Å². The lowest BCUT2D eigenvalue weighted by molar-refractivity contribution is 0.0965. The number of halogens is 1. The van der Waals surface area contributed by atoms with Gasteiger partial charge in [-0.1, -0.05) is 0 Å². The van der Waals surface area contributed by atoms with Crippen molar-refractivity contribution in [3.05, 3.63) is 64.9 Å². The van der Waals surface area contributed by atoms with Gasteiger partial charge in [-0.15, -0.1) is 0 Å². The first-order valence-electron chi connectivity index (χ1n) is 12.3. The fraction of sp³-hybridized carbons (Fsp3) is 0.429. The van der Waals surface area contributed by atoms with Crippen molar-refractivity contribution in [3.63, 3.8) is 0 Å². The molecular weight excluding hydrogens is 473 g/mol. The van der Waals surface area contributed by atoms with Crippen molar-refractivity contribution < 1.29 is 18.7 Å². The molecule has 3 heterocycles. The quantitative estimate of drug-likeness (QED) is 0.375. The molecule has 0 unspecified atom stereocenters. The molecule has 1 fully saturated rings. The number of aliphatic imine (C=N–C) groups is 1. The summed E-state index contributed by atoms with van der Waals surface area (Å²) in [4.78, 5) is 27.9. The number of aromatic nitrogens is 2. The number of anilines is 1. The molecule has 0 atom stereocenters. The molecule has 1 aliphatic rings. The fourth-order valence-corrected chi connectivity index (χ4v) is 3.82. The topological polar surface area (TPSA) is 88.9 Å². The first-order chi connectivity index (χ1) is 17.5. The largest absolute Gasteiger partial charge is 0.473 e. The summed E-state index contributed by atoms with van der Waals surface area (Å²) < 4.78 is 25.8. The minimum Gasteiger partial charge on any atom is -0.473 e. The number of carbonyl (C=O) groups excluding carboxylic acids is 1. The summed E-state index contributed by atoms with van der Waals surface area (Å²) >= 11 is 0. The standard InChI is InChI=1S/C28H36FN5O3/c1-18(2)37-27-24(34-10-12-36-13-11-34)15-22(17-32-27)23(20(4)30-7)14-19(3)33-26(35)21-8-9-31-25(16-21)28(5,6)29/h8-9,14-18H,7,10-13H2,1-6H3,(H,33,35)/b19-14+,23-20+. The molecule has 0 radical (unpaired) electrons. The van der Waals surface area contributed by atoms with Gasteiger partial charge in [0.05, 0.1) is 25.0 Å². The Bertz CT molecular complexity index is 1190. The van der Waals surface area contributed by atoms with Gasteiger partial charge in [0.15, 0.2) is 0 Å². The monoisotopic (exact) mass is 509 g/mol. The molecule has 0 spiro atoms. The zero-order chi connectivity index (χ0) is 27.2. The van der Waals surface area contributed by atoms with E-state index in [0.717, 1.165) is 29.9 Å². The lowest BCUT2D eigenvalue weighted by Gasteiger charge is -2.30. The van der Waals surface area contributed by atoms with E-state index in [9.17, 15) is 9.18 Å². The number of morpholine rings is 1. The van der Waals surface area contributed by atoms with E-state index in [1.54, 1.807) is 19.2 Å². The van der Waals surface area contributed by atoms with Crippen molar-refractivity contribution in [2.24, 2.45) is 4.99 Å². The van der Waals surface area contributed by atoms with Gasteiger partial charge in [-0.05, 0) is 72.5 Å². The maximum absolute atomic E-state index is 14.3. The molecule has 1 amide bonds. The van der Waals surface area contributed by atoms with Crippen LogP contribution in [0.15, 0.2) is 53.1 Å². The Hall–Kier alpha value is -3.59. The average molecular weight is 510 g/mol. The number of pyridine rings is 2. The molecule has 37 heavy (non-hydrogen) atoms. The van der Waals surface area contributed by atoms with Crippen LogP contribution in [0.5, 0.6) is 5.88 Å². The molecule has 1 saturated heterocycles. The van der Waals surface area contributed by atoms with Crippen molar-refractivity contribution in [1.82, 2.24) is 15.3 Å². The van der Waals surface area contributed by atoms with Gasteiger partial charge in [0, 0.05) is 53.6 Å². The van der Waals surface area contributed by atoms with Crippen LogP contribution in [0.4, 0.5) is 10.1 Å².